The second-order valence-corrected chi connectivity index (χ2v) is 13.8. The molecule has 1 aliphatic carbocycles. The van der Waals surface area contributed by atoms with E-state index in [1.54, 1.807) is 0 Å². The van der Waals surface area contributed by atoms with Crippen LogP contribution in [-0.4, -0.2) is 83.6 Å². The van der Waals surface area contributed by atoms with Gasteiger partial charge in [0.05, 0.1) is 24.9 Å². The van der Waals surface area contributed by atoms with E-state index in [9.17, 15) is 9.50 Å². The lowest BCUT2D eigenvalue weighted by molar-refractivity contribution is 0.0176. The molecule has 1 aromatic heterocycles. The highest BCUT2D eigenvalue weighted by molar-refractivity contribution is 6.02. The third kappa shape index (κ3) is 4.67. The Morgan fingerprint density at radius 2 is 1.78 bits per heavy atom. The molecular weight excluding hydrogens is 602 g/mol. The number of phenols is 1. The van der Waals surface area contributed by atoms with Crippen molar-refractivity contribution in [3.8, 4) is 22.9 Å². The molecule has 4 bridgehead atoms. The van der Waals surface area contributed by atoms with Crippen molar-refractivity contribution in [3.63, 3.8) is 0 Å². The Morgan fingerprint density at radius 1 is 0.978 bits per heavy atom. The molecule has 12 heteroatoms. The number of benzene rings is 3. The summed E-state index contributed by atoms with van der Waals surface area (Å²) in [5.41, 5.74) is -1.16. The van der Waals surface area contributed by atoms with Gasteiger partial charge in [-0.3, -0.25) is 4.90 Å². The molecule has 4 aliphatic heterocycles. The summed E-state index contributed by atoms with van der Waals surface area (Å²) in [7, 11) is 0. The van der Waals surface area contributed by atoms with Crippen molar-refractivity contribution < 1.29 is 32.1 Å². The highest BCUT2D eigenvalue weighted by Gasteiger charge is 2.49. The van der Waals surface area contributed by atoms with E-state index in [1.807, 2.05) is 4.90 Å². The van der Waals surface area contributed by atoms with Crippen LogP contribution < -0.4 is 15.0 Å². The largest absolute Gasteiger partial charge is 0.508 e. The molecule has 240 valence electrons. The van der Waals surface area contributed by atoms with Crippen molar-refractivity contribution in [2.75, 3.05) is 44.3 Å². The van der Waals surface area contributed by atoms with Crippen molar-refractivity contribution in [1.82, 2.24) is 20.2 Å². The minimum absolute atomic E-state index is 0.0135. The zero-order valence-electron chi connectivity index (χ0n) is 25.0. The Morgan fingerprint density at radius 3 is 2.50 bits per heavy atom. The molecule has 4 aromatic rings. The Hall–Kier alpha value is -3.74. The number of morpholine rings is 1. The van der Waals surface area contributed by atoms with Gasteiger partial charge in [0, 0.05) is 66.1 Å². The van der Waals surface area contributed by atoms with Gasteiger partial charge in [0.1, 0.15) is 22.9 Å². The van der Waals surface area contributed by atoms with E-state index in [-0.39, 0.29) is 56.5 Å². The molecule has 5 fully saturated rings. The monoisotopic (exact) mass is 635 g/mol. The number of aromatic nitrogens is 2. The maximum Gasteiger partial charge on any atom is 0.319 e. The average Bonchev–Trinajstić information content (AvgIpc) is 3.29. The first-order valence-corrected chi connectivity index (χ1v) is 16.0. The average molecular weight is 636 g/mol. The number of piperazine rings is 1. The van der Waals surface area contributed by atoms with Gasteiger partial charge >= 0.3 is 6.01 Å². The van der Waals surface area contributed by atoms with Crippen molar-refractivity contribution >= 4 is 27.5 Å². The van der Waals surface area contributed by atoms with Crippen molar-refractivity contribution in [2.24, 2.45) is 5.41 Å². The SMILES string of the molecule is Oc1cc(-c2c(F)cc3c(N4CC5CCC(C4)N5)nc(OCC4(CN5C[C@H]6C[C@@H]5CO6)CC4)nc3c2F)c2c(F)c(F)ccc2c1. The lowest BCUT2D eigenvalue weighted by Crippen LogP contribution is -2.51. The highest BCUT2D eigenvalue weighted by Crippen LogP contribution is 2.48. The fraction of sp³-hybridized carbons (Fsp3) is 0.471. The molecule has 5 aliphatic rings. The fourth-order valence-corrected chi connectivity index (χ4v) is 8.11. The molecule has 0 spiro atoms. The second-order valence-electron chi connectivity index (χ2n) is 13.8. The van der Waals surface area contributed by atoms with Gasteiger partial charge in [-0.25, -0.2) is 17.6 Å². The van der Waals surface area contributed by atoms with E-state index in [0.717, 1.165) is 70.0 Å². The number of phenolic OH excluding ortho intramolecular Hbond substituents is 1. The number of halogens is 4. The van der Waals surface area contributed by atoms with Crippen LogP contribution in [0, 0.1) is 28.7 Å². The summed E-state index contributed by atoms with van der Waals surface area (Å²) >= 11 is 0. The lowest BCUT2D eigenvalue weighted by Gasteiger charge is -2.34. The first kappa shape index (κ1) is 28.5. The van der Waals surface area contributed by atoms with Crippen molar-refractivity contribution in [3.05, 3.63) is 53.6 Å². The van der Waals surface area contributed by atoms with Crippen molar-refractivity contribution in [1.29, 1.82) is 0 Å². The second kappa shape index (κ2) is 10.4. The van der Waals surface area contributed by atoms with Gasteiger partial charge in [0.2, 0.25) is 0 Å². The van der Waals surface area contributed by atoms with Crippen LogP contribution in [0.2, 0.25) is 0 Å². The number of rotatable bonds is 7. The summed E-state index contributed by atoms with van der Waals surface area (Å²) in [6.45, 7) is 4.14. The molecule has 46 heavy (non-hydrogen) atoms. The number of hydrogen-bond donors (Lipinski definition) is 2. The Labute approximate surface area is 262 Å². The zero-order valence-corrected chi connectivity index (χ0v) is 25.0. The summed E-state index contributed by atoms with van der Waals surface area (Å²) in [4.78, 5) is 13.7. The number of anilines is 1. The molecule has 3 aromatic carbocycles. The molecule has 8 nitrogen and oxygen atoms in total. The van der Waals surface area contributed by atoms with Crippen LogP contribution in [0.4, 0.5) is 23.4 Å². The topological polar surface area (TPSA) is 83.0 Å². The van der Waals surface area contributed by atoms with Gasteiger partial charge in [0.15, 0.2) is 17.5 Å². The number of hydrogen-bond acceptors (Lipinski definition) is 8. The van der Waals surface area contributed by atoms with Gasteiger partial charge in [-0.1, -0.05) is 6.07 Å². The van der Waals surface area contributed by atoms with E-state index in [0.29, 0.717) is 37.7 Å². The standard InChI is InChI=1S/C34H33F4N5O3/c35-25-4-1-17-7-21(44)9-23(27(17)29(25)37)28-26(36)10-24-31(30(28)38)40-33(41-32(24)42-11-18-2-3-19(12-42)39-18)46-16-34(5-6-34)15-43-13-22-8-20(43)14-45-22/h1,4,7,9-10,18-20,22,39,44H,2-3,5-6,8,11-16H2/t18?,19?,20-,22-/m1/s1. The third-order valence-electron chi connectivity index (χ3n) is 10.6. The molecule has 2 unspecified atom stereocenters. The fourth-order valence-electron chi connectivity index (χ4n) is 8.11. The van der Waals surface area contributed by atoms with Crippen LogP contribution in [0.25, 0.3) is 32.8 Å². The number of ether oxygens (including phenoxy) is 2. The molecule has 5 heterocycles. The maximum absolute atomic E-state index is 16.7. The number of nitrogens with one attached hydrogen (secondary N) is 1. The quantitative estimate of drug-likeness (QED) is 0.266. The maximum atomic E-state index is 16.7. The summed E-state index contributed by atoms with van der Waals surface area (Å²) in [6, 6.07) is 6.45. The number of aromatic hydroxyl groups is 1. The van der Waals surface area contributed by atoms with Crippen LogP contribution in [0.1, 0.15) is 32.1 Å². The molecule has 0 amide bonds. The predicted molar refractivity (Wildman–Crippen MR) is 163 cm³/mol. The van der Waals surface area contributed by atoms with Crippen LogP contribution in [0.15, 0.2) is 30.3 Å². The van der Waals surface area contributed by atoms with Gasteiger partial charge in [0.25, 0.3) is 0 Å². The van der Waals surface area contributed by atoms with E-state index in [1.165, 1.54) is 12.1 Å². The number of nitrogens with zero attached hydrogens (tertiary/aromatic N) is 4. The van der Waals surface area contributed by atoms with Gasteiger partial charge in [-0.2, -0.15) is 9.97 Å². The van der Waals surface area contributed by atoms with Crippen LogP contribution >= 0.6 is 0 Å². The van der Waals surface area contributed by atoms with Gasteiger partial charge < -0.3 is 24.8 Å². The van der Waals surface area contributed by atoms with E-state index in [2.05, 4.69) is 15.2 Å². The minimum atomic E-state index is -1.26. The highest BCUT2D eigenvalue weighted by atomic mass is 19.2. The normalized spacial score (nSPS) is 26.5. The third-order valence-corrected chi connectivity index (χ3v) is 10.6. The Kier molecular flexibility index (Phi) is 6.43. The molecule has 4 saturated heterocycles. The Balaban J connectivity index is 1.14. The summed E-state index contributed by atoms with van der Waals surface area (Å²) in [5, 5.41) is 13.9. The molecule has 9 rings (SSSR count). The smallest absolute Gasteiger partial charge is 0.319 e. The summed E-state index contributed by atoms with van der Waals surface area (Å²) in [6.07, 6.45) is 5.36. The van der Waals surface area contributed by atoms with E-state index in [4.69, 9.17) is 14.5 Å². The van der Waals surface area contributed by atoms with E-state index >= 15 is 13.2 Å². The summed E-state index contributed by atoms with van der Waals surface area (Å²) in [5.74, 6) is -4.46. The number of fused-ring (bicyclic) bond motifs is 6. The predicted octanol–water partition coefficient (Wildman–Crippen LogP) is 5.28. The lowest BCUT2D eigenvalue weighted by atomic mass is 9.95. The molecular formula is C34H33F4N5O3. The van der Waals surface area contributed by atoms with Crippen LogP contribution in [0.3, 0.4) is 0 Å². The van der Waals surface area contributed by atoms with Crippen LogP contribution in [0.5, 0.6) is 11.8 Å². The molecule has 4 atom stereocenters. The number of likely N-dealkylation sites (tertiary alicyclic amines) is 1. The first-order chi connectivity index (χ1) is 22.2. The van der Waals surface area contributed by atoms with Gasteiger partial charge in [-0.05, 0) is 61.8 Å². The minimum Gasteiger partial charge on any atom is -0.508 e. The zero-order chi connectivity index (χ0) is 31.3. The van der Waals surface area contributed by atoms with E-state index < -0.39 is 28.8 Å². The Bertz CT molecular complexity index is 1890. The van der Waals surface area contributed by atoms with Crippen molar-refractivity contribution in [2.45, 2.75) is 56.3 Å². The first-order valence-electron chi connectivity index (χ1n) is 16.0. The van der Waals surface area contributed by atoms with Gasteiger partial charge in [-0.15, -0.1) is 0 Å². The summed E-state index contributed by atoms with van der Waals surface area (Å²) < 4.78 is 74.3. The van der Waals surface area contributed by atoms with Crippen LogP contribution in [-0.2, 0) is 4.74 Å². The molecule has 0 radical (unpaired) electrons. The molecule has 1 saturated carbocycles. The molecule has 2 N–H and O–H groups in total.